The summed E-state index contributed by atoms with van der Waals surface area (Å²) in [5.41, 5.74) is 0.577. The SMILES string of the molecule is COc1ccc(CNc2nc3cc(OC(F)F)c(F)cc3c3nc(C4CCCN(C(=O)OC(C)(C)C)C4)nn23)c(OC)c1. The van der Waals surface area contributed by atoms with Gasteiger partial charge in [-0.15, -0.1) is 5.10 Å². The summed E-state index contributed by atoms with van der Waals surface area (Å²) in [5.74, 6) is 0.00342. The lowest BCUT2D eigenvalue weighted by Crippen LogP contribution is -2.42. The molecule has 4 aromatic rings. The van der Waals surface area contributed by atoms with Crippen LogP contribution in [0.4, 0.5) is 23.9 Å². The molecule has 5 rings (SSSR count). The van der Waals surface area contributed by atoms with E-state index in [4.69, 9.17) is 24.3 Å². The lowest BCUT2D eigenvalue weighted by molar-refractivity contribution is -0.0520. The number of hydrogen-bond acceptors (Lipinski definition) is 9. The van der Waals surface area contributed by atoms with Gasteiger partial charge < -0.3 is 29.2 Å². The van der Waals surface area contributed by atoms with Gasteiger partial charge in [-0.05, 0) is 51.8 Å². The van der Waals surface area contributed by atoms with Gasteiger partial charge in [0.05, 0.1) is 19.7 Å². The van der Waals surface area contributed by atoms with Crippen LogP contribution in [0.15, 0.2) is 30.3 Å². The lowest BCUT2D eigenvalue weighted by atomic mass is 9.98. The zero-order chi connectivity index (χ0) is 30.9. The molecule has 1 amide bonds. The molecule has 0 saturated carbocycles. The molecule has 1 saturated heterocycles. The molecular weight excluding hydrogens is 569 g/mol. The Morgan fingerprint density at radius 1 is 1.12 bits per heavy atom. The summed E-state index contributed by atoms with van der Waals surface area (Å²) in [6.45, 7) is 3.33. The molecule has 1 unspecified atom stereocenters. The second kappa shape index (κ2) is 12.0. The van der Waals surface area contributed by atoms with Crippen molar-refractivity contribution >= 4 is 28.6 Å². The van der Waals surface area contributed by atoms with Gasteiger partial charge in [0.25, 0.3) is 0 Å². The minimum atomic E-state index is -3.21. The quantitative estimate of drug-likeness (QED) is 0.269. The molecule has 0 spiro atoms. The van der Waals surface area contributed by atoms with Crippen molar-refractivity contribution in [2.45, 2.75) is 58.3 Å². The first-order valence-corrected chi connectivity index (χ1v) is 13.7. The Morgan fingerprint density at radius 2 is 1.91 bits per heavy atom. The standard InChI is InChI=1S/C29H33F3N6O5/c1-29(2,3)43-28(39)37-10-6-7-17(15-37)24-35-25-19-12-20(30)23(42-26(31)32)13-21(19)34-27(38(25)36-24)33-14-16-8-9-18(40-4)11-22(16)41-5/h8-9,11-13,17,26H,6-7,10,14-15H2,1-5H3,(H,33,34). The molecule has 0 bridgehead atoms. The molecule has 2 aromatic carbocycles. The number of piperidine rings is 1. The molecule has 1 atom stereocenters. The van der Waals surface area contributed by atoms with Crippen LogP contribution in [0.25, 0.3) is 16.6 Å². The first-order valence-electron chi connectivity index (χ1n) is 13.7. The molecule has 230 valence electrons. The van der Waals surface area contributed by atoms with Crippen molar-refractivity contribution in [2.24, 2.45) is 0 Å². The van der Waals surface area contributed by atoms with E-state index in [2.05, 4.69) is 15.0 Å². The van der Waals surface area contributed by atoms with Crippen molar-refractivity contribution in [3.63, 3.8) is 0 Å². The smallest absolute Gasteiger partial charge is 0.410 e. The average Bonchev–Trinajstić information content (AvgIpc) is 3.42. The highest BCUT2D eigenvalue weighted by Gasteiger charge is 2.31. The lowest BCUT2D eigenvalue weighted by Gasteiger charge is -2.33. The highest BCUT2D eigenvalue weighted by atomic mass is 19.3. The molecule has 0 radical (unpaired) electrons. The number of carbonyl (C=O) groups excluding carboxylic acids is 1. The summed E-state index contributed by atoms with van der Waals surface area (Å²) in [6, 6.07) is 7.51. The van der Waals surface area contributed by atoms with E-state index in [-0.39, 0.29) is 35.0 Å². The largest absolute Gasteiger partial charge is 0.497 e. The Kier molecular flexibility index (Phi) is 8.38. The van der Waals surface area contributed by atoms with Crippen LogP contribution in [0.5, 0.6) is 17.2 Å². The molecule has 1 N–H and O–H groups in total. The average molecular weight is 603 g/mol. The van der Waals surface area contributed by atoms with Crippen LogP contribution in [0.2, 0.25) is 0 Å². The molecule has 2 aromatic heterocycles. The van der Waals surface area contributed by atoms with Crippen molar-refractivity contribution < 1.29 is 36.9 Å². The van der Waals surface area contributed by atoms with Crippen molar-refractivity contribution in [1.29, 1.82) is 0 Å². The van der Waals surface area contributed by atoms with Crippen LogP contribution in [0.3, 0.4) is 0 Å². The highest BCUT2D eigenvalue weighted by molar-refractivity contribution is 5.93. The molecule has 1 aliphatic rings. The van der Waals surface area contributed by atoms with E-state index >= 15 is 0 Å². The Morgan fingerprint density at radius 3 is 2.60 bits per heavy atom. The molecule has 1 aliphatic heterocycles. The minimum absolute atomic E-state index is 0.173. The number of alkyl halides is 2. The van der Waals surface area contributed by atoms with Crippen LogP contribution in [0.1, 0.15) is 50.9 Å². The zero-order valence-electron chi connectivity index (χ0n) is 24.5. The molecule has 3 heterocycles. The Bertz CT molecular complexity index is 1640. The van der Waals surface area contributed by atoms with Gasteiger partial charge in [0.15, 0.2) is 23.0 Å². The fraction of sp³-hybridized carbons (Fsp3) is 0.448. The van der Waals surface area contributed by atoms with Crippen LogP contribution in [0, 0.1) is 5.82 Å². The fourth-order valence-electron chi connectivity index (χ4n) is 4.95. The van der Waals surface area contributed by atoms with Gasteiger partial charge >= 0.3 is 12.7 Å². The van der Waals surface area contributed by atoms with Crippen molar-refractivity contribution in [2.75, 3.05) is 32.6 Å². The topological polar surface area (TPSA) is 112 Å². The number of hydrogen-bond donors (Lipinski definition) is 1. The van der Waals surface area contributed by atoms with Crippen LogP contribution >= 0.6 is 0 Å². The third-order valence-electron chi connectivity index (χ3n) is 6.93. The number of nitrogens with one attached hydrogen (secondary N) is 1. The minimum Gasteiger partial charge on any atom is -0.497 e. The van der Waals surface area contributed by atoms with E-state index in [1.54, 1.807) is 44.9 Å². The first kappa shape index (κ1) is 30.0. The third-order valence-corrected chi connectivity index (χ3v) is 6.93. The summed E-state index contributed by atoms with van der Waals surface area (Å²) in [7, 11) is 3.09. The van der Waals surface area contributed by atoms with Crippen LogP contribution in [-0.2, 0) is 11.3 Å². The maximum Gasteiger partial charge on any atom is 0.410 e. The van der Waals surface area contributed by atoms with E-state index in [0.717, 1.165) is 17.7 Å². The summed E-state index contributed by atoms with van der Waals surface area (Å²) in [5, 5.41) is 8.18. The van der Waals surface area contributed by atoms with E-state index in [1.807, 2.05) is 6.07 Å². The number of aromatic nitrogens is 4. The van der Waals surface area contributed by atoms with Gasteiger partial charge in [-0.1, -0.05) is 0 Å². The maximum absolute atomic E-state index is 14.8. The predicted octanol–water partition coefficient (Wildman–Crippen LogP) is 5.76. The van der Waals surface area contributed by atoms with Gasteiger partial charge in [-0.25, -0.2) is 19.2 Å². The normalized spacial score (nSPS) is 15.7. The zero-order valence-corrected chi connectivity index (χ0v) is 24.5. The van der Waals surface area contributed by atoms with E-state index in [1.165, 1.54) is 11.6 Å². The Balaban J connectivity index is 1.54. The van der Waals surface area contributed by atoms with Crippen molar-refractivity contribution in [3.05, 3.63) is 47.5 Å². The monoisotopic (exact) mass is 602 g/mol. The number of methoxy groups -OCH3 is 2. The predicted molar refractivity (Wildman–Crippen MR) is 152 cm³/mol. The fourth-order valence-corrected chi connectivity index (χ4v) is 4.95. The number of likely N-dealkylation sites (tertiary alicyclic amines) is 1. The number of nitrogens with zero attached hydrogens (tertiary/aromatic N) is 5. The van der Waals surface area contributed by atoms with Crippen molar-refractivity contribution in [1.82, 2.24) is 24.5 Å². The van der Waals surface area contributed by atoms with Gasteiger partial charge in [-0.3, -0.25) is 0 Å². The maximum atomic E-state index is 14.8. The van der Waals surface area contributed by atoms with E-state index in [0.29, 0.717) is 43.3 Å². The summed E-state index contributed by atoms with van der Waals surface area (Å²) < 4.78 is 62.9. The van der Waals surface area contributed by atoms with Gasteiger partial charge in [0.1, 0.15) is 17.1 Å². The molecule has 11 nitrogen and oxygen atoms in total. The number of anilines is 1. The van der Waals surface area contributed by atoms with Crippen LogP contribution in [-0.4, -0.2) is 70.1 Å². The number of carbonyl (C=O) groups is 1. The molecular formula is C29H33F3N6O5. The summed E-state index contributed by atoms with van der Waals surface area (Å²) in [4.78, 5) is 23.7. The van der Waals surface area contributed by atoms with Gasteiger partial charge in [-0.2, -0.15) is 13.3 Å². The molecule has 0 aliphatic carbocycles. The second-order valence-electron chi connectivity index (χ2n) is 11.1. The summed E-state index contributed by atoms with van der Waals surface area (Å²) >= 11 is 0. The van der Waals surface area contributed by atoms with E-state index < -0.39 is 29.9 Å². The number of halogens is 3. The van der Waals surface area contributed by atoms with Gasteiger partial charge in [0.2, 0.25) is 5.95 Å². The van der Waals surface area contributed by atoms with E-state index in [9.17, 15) is 18.0 Å². The number of amides is 1. The number of rotatable bonds is 8. The van der Waals surface area contributed by atoms with Crippen molar-refractivity contribution in [3.8, 4) is 17.2 Å². The highest BCUT2D eigenvalue weighted by Crippen LogP contribution is 2.32. The van der Waals surface area contributed by atoms with Gasteiger partial charge in [0, 0.05) is 48.6 Å². The third kappa shape index (κ3) is 6.62. The molecule has 43 heavy (non-hydrogen) atoms. The second-order valence-corrected chi connectivity index (χ2v) is 11.1. The number of fused-ring (bicyclic) bond motifs is 3. The number of benzene rings is 2. The molecule has 14 heteroatoms. The summed E-state index contributed by atoms with van der Waals surface area (Å²) in [6.07, 6.45) is 1.01. The Hall–Kier alpha value is -4.49. The Labute approximate surface area is 245 Å². The van der Waals surface area contributed by atoms with Crippen LogP contribution < -0.4 is 19.5 Å². The molecule has 1 fully saturated rings. The number of ether oxygens (including phenoxy) is 4. The first-order chi connectivity index (χ1) is 20.5.